The first-order chi connectivity index (χ1) is 5.49. The lowest BCUT2D eigenvalue weighted by Gasteiger charge is -2.12. The highest BCUT2D eigenvalue weighted by Gasteiger charge is 2.34. The molecule has 0 aromatic heterocycles. The minimum absolute atomic E-state index is 0.0784. The van der Waals surface area contributed by atoms with Crippen LogP contribution < -0.4 is 0 Å². The maximum Gasteiger partial charge on any atom is 0.567 e. The van der Waals surface area contributed by atoms with Gasteiger partial charge in [-0.3, -0.25) is 0 Å². The predicted molar refractivity (Wildman–Crippen MR) is 45.5 cm³/mol. The Morgan fingerprint density at radius 1 is 1.42 bits per heavy atom. The monoisotopic (exact) mass is 195 g/mol. The first-order valence-electron chi connectivity index (χ1n) is 3.44. The third kappa shape index (κ3) is 6.97. The van der Waals surface area contributed by atoms with Crippen LogP contribution in [0.1, 0.15) is 6.42 Å². The lowest BCUT2D eigenvalue weighted by molar-refractivity contribution is 0.0357. The van der Waals surface area contributed by atoms with Crippen molar-refractivity contribution in [1.82, 2.24) is 0 Å². The molecule has 5 nitrogen and oxygen atoms in total. The second-order valence-electron chi connectivity index (χ2n) is 2.24. The molecule has 0 saturated heterocycles. The number of methoxy groups -OCH3 is 1. The highest BCUT2D eigenvalue weighted by molar-refractivity contribution is 7.53. The van der Waals surface area contributed by atoms with Gasteiger partial charge in [0.05, 0.1) is 14.0 Å². The van der Waals surface area contributed by atoms with Gasteiger partial charge in [-0.05, 0) is 6.42 Å². The van der Waals surface area contributed by atoms with Crippen molar-refractivity contribution in [2.45, 2.75) is 18.8 Å². The van der Waals surface area contributed by atoms with Crippen molar-refractivity contribution < 1.29 is 23.9 Å². The maximum absolute atomic E-state index is 8.44. The standard InChI is InChI=1S/C5H13BO5P/c1-10-5(2-3-6)4-11-12(7,8)9/h5,7-9H,2-4H2,1H3/q+1. The smallest absolute Gasteiger partial charge is 0.379 e. The van der Waals surface area contributed by atoms with Crippen LogP contribution in [0.4, 0.5) is 0 Å². The molecule has 0 heterocycles. The average Bonchev–Trinajstić information content (AvgIpc) is 1.96. The van der Waals surface area contributed by atoms with E-state index in [1.807, 2.05) is 0 Å². The van der Waals surface area contributed by atoms with Crippen molar-refractivity contribution in [3.8, 4) is 0 Å². The van der Waals surface area contributed by atoms with Crippen molar-refractivity contribution in [3.05, 3.63) is 0 Å². The Labute approximate surface area is 73.4 Å². The average molecular weight is 195 g/mol. The molecule has 0 aromatic carbocycles. The van der Waals surface area contributed by atoms with Crippen LogP contribution in [0.3, 0.4) is 0 Å². The van der Waals surface area contributed by atoms with Gasteiger partial charge in [-0.2, -0.15) is 19.2 Å². The van der Waals surface area contributed by atoms with Crippen LogP contribution in [0.15, 0.2) is 0 Å². The summed E-state index contributed by atoms with van der Waals surface area (Å²) >= 11 is 0. The van der Waals surface area contributed by atoms with E-state index in [0.29, 0.717) is 12.7 Å². The quantitative estimate of drug-likeness (QED) is 0.398. The molecule has 2 radical (unpaired) electrons. The van der Waals surface area contributed by atoms with Crippen molar-refractivity contribution in [2.24, 2.45) is 0 Å². The van der Waals surface area contributed by atoms with Gasteiger partial charge in [-0.25, -0.2) is 0 Å². The summed E-state index contributed by atoms with van der Waals surface area (Å²) < 4.78 is 9.20. The third-order valence-electron chi connectivity index (χ3n) is 1.26. The van der Waals surface area contributed by atoms with Gasteiger partial charge in [0.2, 0.25) is 0 Å². The zero-order valence-corrected chi connectivity index (χ0v) is 7.78. The molecule has 0 saturated carbocycles. The zero-order chi connectivity index (χ0) is 9.61. The van der Waals surface area contributed by atoms with Gasteiger partial charge < -0.3 is 4.74 Å². The van der Waals surface area contributed by atoms with E-state index in [1.165, 1.54) is 7.11 Å². The Balaban J connectivity index is 3.58. The number of hydrogen-bond acceptors (Lipinski definition) is 5. The van der Waals surface area contributed by atoms with Gasteiger partial charge in [-0.15, -0.1) is 0 Å². The molecule has 12 heavy (non-hydrogen) atoms. The van der Waals surface area contributed by atoms with Crippen LogP contribution in [-0.2, 0) is 9.26 Å². The minimum Gasteiger partial charge on any atom is -0.379 e. The van der Waals surface area contributed by atoms with Crippen LogP contribution >= 0.6 is 8.17 Å². The number of ether oxygens (including phenoxy) is 1. The van der Waals surface area contributed by atoms with Crippen molar-refractivity contribution in [2.75, 3.05) is 13.7 Å². The van der Waals surface area contributed by atoms with E-state index >= 15 is 0 Å². The number of hydrogen-bond donors (Lipinski definition) is 3. The Kier molecular flexibility index (Phi) is 6.00. The van der Waals surface area contributed by atoms with E-state index in [2.05, 4.69) is 4.52 Å². The summed E-state index contributed by atoms with van der Waals surface area (Å²) in [7, 11) is 2.56. The summed E-state index contributed by atoms with van der Waals surface area (Å²) in [6.07, 6.45) is 0.632. The van der Waals surface area contributed by atoms with Crippen molar-refractivity contribution >= 4 is 16.0 Å². The Bertz CT molecular complexity index is 117. The summed E-state index contributed by atoms with van der Waals surface area (Å²) in [4.78, 5) is 25.3. The van der Waals surface area contributed by atoms with E-state index in [1.54, 1.807) is 0 Å². The molecule has 0 fully saturated rings. The summed E-state index contributed by atoms with van der Waals surface area (Å²) in [5.74, 6) is 0. The van der Waals surface area contributed by atoms with Gasteiger partial charge in [-0.1, -0.05) is 6.32 Å². The van der Waals surface area contributed by atoms with Crippen molar-refractivity contribution in [3.63, 3.8) is 0 Å². The Morgan fingerprint density at radius 3 is 2.33 bits per heavy atom. The molecular formula is C5H13BO5P+. The first-order valence-corrected chi connectivity index (χ1v) is 5.01. The Morgan fingerprint density at radius 2 is 2.00 bits per heavy atom. The molecule has 1 unspecified atom stereocenters. The van der Waals surface area contributed by atoms with E-state index in [9.17, 15) is 0 Å². The maximum atomic E-state index is 8.44. The highest BCUT2D eigenvalue weighted by Crippen LogP contribution is 2.45. The second kappa shape index (κ2) is 5.86. The molecule has 0 aliphatic rings. The fourth-order valence-corrected chi connectivity index (χ4v) is 1.00. The molecular weight excluding hydrogens is 182 g/mol. The van der Waals surface area contributed by atoms with Gasteiger partial charge in [0.1, 0.15) is 6.61 Å². The van der Waals surface area contributed by atoms with Crippen LogP contribution in [-0.4, -0.2) is 42.3 Å². The third-order valence-corrected chi connectivity index (χ3v) is 1.75. The molecule has 3 N–H and O–H groups in total. The summed E-state index contributed by atoms with van der Waals surface area (Å²) in [5.41, 5.74) is 0. The van der Waals surface area contributed by atoms with Crippen LogP contribution in [0.25, 0.3) is 0 Å². The predicted octanol–water partition coefficient (Wildman–Crippen LogP) is -0.351. The van der Waals surface area contributed by atoms with Crippen LogP contribution in [0.5, 0.6) is 0 Å². The lowest BCUT2D eigenvalue weighted by Crippen LogP contribution is -2.18. The van der Waals surface area contributed by atoms with Crippen LogP contribution in [0, 0.1) is 0 Å². The fraction of sp³-hybridized carbons (Fsp3) is 1.00. The van der Waals surface area contributed by atoms with E-state index in [-0.39, 0.29) is 12.7 Å². The van der Waals surface area contributed by atoms with E-state index in [4.69, 9.17) is 27.3 Å². The molecule has 0 spiro atoms. The lowest BCUT2D eigenvalue weighted by atomic mass is 9.99. The Hall–Kier alpha value is 0.295. The van der Waals surface area contributed by atoms with E-state index in [0.717, 1.165) is 0 Å². The summed E-state index contributed by atoms with van der Waals surface area (Å²) in [6.45, 7) is -0.0784. The highest BCUT2D eigenvalue weighted by atomic mass is 31.2. The first kappa shape index (κ1) is 12.3. The fourth-order valence-electron chi connectivity index (χ4n) is 0.638. The normalized spacial score (nSPS) is 14.7. The molecule has 0 amide bonds. The molecule has 0 bridgehead atoms. The van der Waals surface area contributed by atoms with Crippen LogP contribution in [0.2, 0.25) is 6.32 Å². The van der Waals surface area contributed by atoms with Gasteiger partial charge in [0.15, 0.2) is 0 Å². The molecule has 0 aliphatic carbocycles. The topological polar surface area (TPSA) is 79.2 Å². The molecule has 7 heteroatoms. The van der Waals surface area contributed by atoms with Gasteiger partial charge in [0, 0.05) is 7.11 Å². The summed E-state index contributed by atoms with van der Waals surface area (Å²) in [6, 6.07) is 0. The molecule has 1 atom stereocenters. The van der Waals surface area contributed by atoms with E-state index < -0.39 is 8.17 Å². The summed E-state index contributed by atoms with van der Waals surface area (Å²) in [5, 5.41) is 0. The minimum atomic E-state index is -4.13. The molecule has 0 aromatic rings. The molecule has 0 rings (SSSR count). The molecule has 0 aliphatic heterocycles. The second-order valence-corrected chi connectivity index (χ2v) is 3.53. The van der Waals surface area contributed by atoms with Gasteiger partial charge in [0.25, 0.3) is 0 Å². The number of rotatable bonds is 6. The largest absolute Gasteiger partial charge is 0.567 e. The zero-order valence-electron chi connectivity index (χ0n) is 6.88. The van der Waals surface area contributed by atoms with Gasteiger partial charge >= 0.3 is 8.17 Å². The molecule has 70 valence electrons. The van der Waals surface area contributed by atoms with Crippen molar-refractivity contribution in [1.29, 1.82) is 0 Å². The SMILES string of the molecule is [B]CCC(CO[P+](O)(O)O)OC.